The van der Waals surface area contributed by atoms with Crippen molar-refractivity contribution in [2.24, 2.45) is 0 Å². The second-order valence-corrected chi connectivity index (χ2v) is 4.45. The Morgan fingerprint density at radius 2 is 1.57 bits per heavy atom. The summed E-state index contributed by atoms with van der Waals surface area (Å²) in [6.45, 7) is 0. The molecule has 0 spiro atoms. The molecule has 1 unspecified atom stereocenters. The number of ether oxygens (including phenoxy) is 2. The third-order valence-electron chi connectivity index (χ3n) is 3.60. The van der Waals surface area contributed by atoms with Crippen LogP contribution in [0.2, 0.25) is 0 Å². The van der Waals surface area contributed by atoms with E-state index in [-0.39, 0.29) is 0 Å². The predicted octanol–water partition coefficient (Wildman–Crippen LogP) is 1.71. The fraction of sp³-hybridized carbons (Fsp3) is 0.500. The largest absolute Gasteiger partial charge is 0.369 e. The van der Waals surface area contributed by atoms with Gasteiger partial charge in [-0.1, -0.05) is 30.3 Å². The Bertz CT molecular complexity index is 346. The van der Waals surface area contributed by atoms with Crippen LogP contribution in [0, 0.1) is 0 Å². The standard InChI is InChI=1S/C12H12O2/c1-2-4-7(5-3-1)10-11-8(13-11)6-9-12(10)14-9/h1-5,8-12H,6H2/t8-,9+,10?,11-,12+. The van der Waals surface area contributed by atoms with Crippen molar-refractivity contribution in [2.75, 3.05) is 0 Å². The Morgan fingerprint density at radius 1 is 0.929 bits per heavy atom. The topological polar surface area (TPSA) is 25.1 Å². The van der Waals surface area contributed by atoms with E-state index in [0.29, 0.717) is 30.3 Å². The van der Waals surface area contributed by atoms with Crippen LogP contribution in [0.25, 0.3) is 0 Å². The molecule has 2 aliphatic heterocycles. The number of epoxide rings is 2. The molecule has 4 rings (SSSR count). The highest BCUT2D eigenvalue weighted by Crippen LogP contribution is 2.54. The number of hydrogen-bond donors (Lipinski definition) is 0. The van der Waals surface area contributed by atoms with Crippen molar-refractivity contribution in [3.63, 3.8) is 0 Å². The van der Waals surface area contributed by atoms with E-state index < -0.39 is 0 Å². The van der Waals surface area contributed by atoms with Crippen molar-refractivity contribution in [1.82, 2.24) is 0 Å². The number of fused-ring (bicyclic) bond motifs is 2. The zero-order valence-corrected chi connectivity index (χ0v) is 7.80. The van der Waals surface area contributed by atoms with E-state index in [9.17, 15) is 0 Å². The fourth-order valence-corrected chi connectivity index (χ4v) is 2.79. The van der Waals surface area contributed by atoms with Gasteiger partial charge in [-0.15, -0.1) is 0 Å². The molecule has 2 saturated heterocycles. The minimum absolute atomic E-state index is 0.446. The highest BCUT2D eigenvalue weighted by molar-refractivity contribution is 5.29. The van der Waals surface area contributed by atoms with Crippen molar-refractivity contribution in [2.45, 2.75) is 36.8 Å². The lowest BCUT2D eigenvalue weighted by molar-refractivity contribution is 0.279. The first kappa shape index (κ1) is 7.43. The zero-order valence-electron chi connectivity index (χ0n) is 7.80. The van der Waals surface area contributed by atoms with E-state index >= 15 is 0 Å². The average molecular weight is 188 g/mol. The van der Waals surface area contributed by atoms with Gasteiger partial charge in [0, 0.05) is 12.3 Å². The first-order chi connectivity index (χ1) is 6.93. The fourth-order valence-electron chi connectivity index (χ4n) is 2.79. The third-order valence-corrected chi connectivity index (χ3v) is 3.60. The Kier molecular flexibility index (Phi) is 1.27. The summed E-state index contributed by atoms with van der Waals surface area (Å²) in [5.41, 5.74) is 1.38. The van der Waals surface area contributed by atoms with E-state index in [1.54, 1.807) is 0 Å². The SMILES string of the molecule is c1ccc(C2[C@H]3O[C@H]3C[C@H]3O[C@@H]23)cc1. The number of benzene rings is 1. The van der Waals surface area contributed by atoms with Gasteiger partial charge in [-0.25, -0.2) is 0 Å². The third kappa shape index (κ3) is 0.928. The molecule has 1 aromatic carbocycles. The summed E-state index contributed by atoms with van der Waals surface area (Å²) in [5.74, 6) is 0.500. The maximum absolute atomic E-state index is 5.67. The first-order valence-electron chi connectivity index (χ1n) is 5.29. The first-order valence-corrected chi connectivity index (χ1v) is 5.29. The minimum Gasteiger partial charge on any atom is -0.369 e. The van der Waals surface area contributed by atoms with Gasteiger partial charge in [-0.05, 0) is 5.56 Å². The molecule has 1 aromatic rings. The van der Waals surface area contributed by atoms with Crippen LogP contribution < -0.4 is 0 Å². The molecule has 14 heavy (non-hydrogen) atoms. The minimum atomic E-state index is 0.446. The molecule has 1 aliphatic carbocycles. The van der Waals surface area contributed by atoms with E-state index in [4.69, 9.17) is 9.47 Å². The molecule has 0 N–H and O–H groups in total. The molecular weight excluding hydrogens is 176 g/mol. The average Bonchev–Trinajstić information content (AvgIpc) is 3.08. The molecule has 2 nitrogen and oxygen atoms in total. The monoisotopic (exact) mass is 188 g/mol. The van der Waals surface area contributed by atoms with Crippen LogP contribution in [0.1, 0.15) is 17.9 Å². The summed E-state index contributed by atoms with van der Waals surface area (Å²) in [6, 6.07) is 10.6. The summed E-state index contributed by atoms with van der Waals surface area (Å²) >= 11 is 0. The van der Waals surface area contributed by atoms with Gasteiger partial charge >= 0.3 is 0 Å². The van der Waals surface area contributed by atoms with Crippen molar-refractivity contribution in [3.05, 3.63) is 35.9 Å². The van der Waals surface area contributed by atoms with Gasteiger partial charge in [0.25, 0.3) is 0 Å². The predicted molar refractivity (Wildman–Crippen MR) is 51.1 cm³/mol. The Labute approximate surface area is 82.8 Å². The molecular formula is C12H12O2. The Morgan fingerprint density at radius 3 is 2.21 bits per heavy atom. The highest BCUT2D eigenvalue weighted by atomic mass is 16.6. The number of hydrogen-bond acceptors (Lipinski definition) is 2. The molecule has 0 radical (unpaired) electrons. The quantitative estimate of drug-likeness (QED) is 0.627. The van der Waals surface area contributed by atoms with Crippen molar-refractivity contribution < 1.29 is 9.47 Å². The van der Waals surface area contributed by atoms with E-state index in [0.717, 1.165) is 6.42 Å². The maximum Gasteiger partial charge on any atom is 0.0937 e. The summed E-state index contributed by atoms with van der Waals surface area (Å²) < 4.78 is 11.3. The van der Waals surface area contributed by atoms with Gasteiger partial charge in [0.05, 0.1) is 24.4 Å². The molecule has 5 atom stereocenters. The van der Waals surface area contributed by atoms with Crippen LogP contribution >= 0.6 is 0 Å². The summed E-state index contributed by atoms with van der Waals surface area (Å²) in [6.07, 6.45) is 2.99. The van der Waals surface area contributed by atoms with Gasteiger partial charge in [0.1, 0.15) is 0 Å². The van der Waals surface area contributed by atoms with Crippen molar-refractivity contribution >= 4 is 0 Å². The molecule has 3 aliphatic rings. The molecule has 0 amide bonds. The summed E-state index contributed by atoms with van der Waals surface area (Å²) in [4.78, 5) is 0. The van der Waals surface area contributed by atoms with E-state index in [1.165, 1.54) is 5.56 Å². The highest BCUT2D eigenvalue weighted by Gasteiger charge is 2.63. The van der Waals surface area contributed by atoms with Gasteiger partial charge in [0.2, 0.25) is 0 Å². The Balaban J connectivity index is 1.71. The summed E-state index contributed by atoms with van der Waals surface area (Å²) in [7, 11) is 0. The van der Waals surface area contributed by atoms with Crippen LogP contribution in [-0.2, 0) is 9.47 Å². The van der Waals surface area contributed by atoms with E-state index in [1.807, 2.05) is 0 Å². The second-order valence-electron chi connectivity index (χ2n) is 4.45. The molecule has 2 heteroatoms. The molecule has 1 saturated carbocycles. The molecule has 3 fully saturated rings. The Hall–Kier alpha value is -0.860. The lowest BCUT2D eigenvalue weighted by Crippen LogP contribution is -2.22. The van der Waals surface area contributed by atoms with Gasteiger partial charge in [-0.3, -0.25) is 0 Å². The molecule has 0 bridgehead atoms. The van der Waals surface area contributed by atoms with E-state index in [2.05, 4.69) is 30.3 Å². The smallest absolute Gasteiger partial charge is 0.0937 e. The van der Waals surface area contributed by atoms with Crippen LogP contribution in [0.5, 0.6) is 0 Å². The van der Waals surface area contributed by atoms with Gasteiger partial charge < -0.3 is 9.47 Å². The normalized spacial score (nSPS) is 47.9. The second kappa shape index (κ2) is 2.38. The lowest BCUT2D eigenvalue weighted by atomic mass is 9.84. The van der Waals surface area contributed by atoms with Crippen molar-refractivity contribution in [1.29, 1.82) is 0 Å². The van der Waals surface area contributed by atoms with Crippen molar-refractivity contribution in [3.8, 4) is 0 Å². The van der Waals surface area contributed by atoms with Crippen LogP contribution in [0.15, 0.2) is 30.3 Å². The zero-order chi connectivity index (χ0) is 9.12. The van der Waals surface area contributed by atoms with Crippen LogP contribution in [0.4, 0.5) is 0 Å². The van der Waals surface area contributed by atoms with Gasteiger partial charge in [-0.2, -0.15) is 0 Å². The molecule has 0 aromatic heterocycles. The maximum atomic E-state index is 5.67. The van der Waals surface area contributed by atoms with Crippen LogP contribution in [-0.4, -0.2) is 24.4 Å². The molecule has 72 valence electrons. The molecule has 2 heterocycles. The van der Waals surface area contributed by atoms with Crippen LogP contribution in [0.3, 0.4) is 0 Å². The number of rotatable bonds is 1. The summed E-state index contributed by atoms with van der Waals surface area (Å²) in [5, 5.41) is 0. The van der Waals surface area contributed by atoms with Gasteiger partial charge in [0.15, 0.2) is 0 Å². The lowest BCUT2D eigenvalue weighted by Gasteiger charge is -2.14.